The Morgan fingerprint density at radius 2 is 2.14 bits per heavy atom. The number of nitrogens with one attached hydrogen (secondary N) is 1. The van der Waals surface area contributed by atoms with E-state index < -0.39 is 0 Å². The second kappa shape index (κ2) is 7.80. The van der Waals surface area contributed by atoms with E-state index in [2.05, 4.69) is 15.5 Å². The third kappa shape index (κ3) is 4.87. The molecule has 0 aliphatic rings. The lowest BCUT2D eigenvalue weighted by molar-refractivity contribution is -0.119. The first-order valence-electron chi connectivity index (χ1n) is 6.49. The summed E-state index contributed by atoms with van der Waals surface area (Å²) in [6.07, 6.45) is 0. The SMILES string of the molecule is COCC(C)NC(=O)CSc1nnc(-c2ccccc2)o1. The van der Waals surface area contributed by atoms with Crippen LogP contribution in [0.4, 0.5) is 0 Å². The lowest BCUT2D eigenvalue weighted by Crippen LogP contribution is -2.36. The fraction of sp³-hybridized carbons (Fsp3) is 0.357. The number of amides is 1. The van der Waals surface area contributed by atoms with Crippen LogP contribution >= 0.6 is 11.8 Å². The van der Waals surface area contributed by atoms with Gasteiger partial charge in [0.25, 0.3) is 5.22 Å². The van der Waals surface area contributed by atoms with Gasteiger partial charge in [0.15, 0.2) is 0 Å². The lowest BCUT2D eigenvalue weighted by atomic mass is 10.2. The summed E-state index contributed by atoms with van der Waals surface area (Å²) in [5.41, 5.74) is 0.856. The average Bonchev–Trinajstić information content (AvgIpc) is 2.95. The summed E-state index contributed by atoms with van der Waals surface area (Å²) in [4.78, 5) is 11.7. The topological polar surface area (TPSA) is 77.2 Å². The Morgan fingerprint density at radius 3 is 2.86 bits per heavy atom. The van der Waals surface area contributed by atoms with Gasteiger partial charge in [-0.25, -0.2) is 0 Å². The first-order valence-corrected chi connectivity index (χ1v) is 7.47. The van der Waals surface area contributed by atoms with Crippen LogP contribution in [0.5, 0.6) is 0 Å². The van der Waals surface area contributed by atoms with E-state index in [1.807, 2.05) is 37.3 Å². The first kappa shape index (κ1) is 15.5. The van der Waals surface area contributed by atoms with Crippen molar-refractivity contribution in [3.05, 3.63) is 30.3 Å². The van der Waals surface area contributed by atoms with E-state index in [4.69, 9.17) is 9.15 Å². The zero-order valence-electron chi connectivity index (χ0n) is 11.9. The van der Waals surface area contributed by atoms with Crippen molar-refractivity contribution in [2.45, 2.75) is 18.2 Å². The number of nitrogens with zero attached hydrogens (tertiary/aromatic N) is 2. The van der Waals surface area contributed by atoms with Crippen molar-refractivity contribution >= 4 is 17.7 Å². The number of thioether (sulfide) groups is 1. The molecule has 1 unspecified atom stereocenters. The molecule has 0 fully saturated rings. The summed E-state index contributed by atoms with van der Waals surface area (Å²) in [5.74, 6) is 0.583. The van der Waals surface area contributed by atoms with Crippen LogP contribution in [-0.2, 0) is 9.53 Å². The molecule has 0 aliphatic carbocycles. The van der Waals surface area contributed by atoms with E-state index >= 15 is 0 Å². The highest BCUT2D eigenvalue weighted by Gasteiger charge is 2.12. The standard InChI is InChI=1S/C14H17N3O3S/c1-10(8-19-2)15-12(18)9-21-14-17-16-13(20-14)11-6-4-3-5-7-11/h3-7,10H,8-9H2,1-2H3,(H,15,18). The molecule has 2 rings (SSSR count). The van der Waals surface area contributed by atoms with Crippen molar-refractivity contribution in [2.75, 3.05) is 19.5 Å². The van der Waals surface area contributed by atoms with Gasteiger partial charge in [0, 0.05) is 18.7 Å². The summed E-state index contributed by atoms with van der Waals surface area (Å²) in [7, 11) is 1.60. The number of rotatable bonds is 7. The fourth-order valence-corrected chi connectivity index (χ4v) is 2.28. The van der Waals surface area contributed by atoms with Gasteiger partial charge >= 0.3 is 0 Å². The minimum Gasteiger partial charge on any atom is -0.411 e. The van der Waals surface area contributed by atoms with Gasteiger partial charge in [-0.05, 0) is 19.1 Å². The average molecular weight is 307 g/mol. The summed E-state index contributed by atoms with van der Waals surface area (Å²) in [6, 6.07) is 9.47. The number of benzene rings is 1. The molecular weight excluding hydrogens is 290 g/mol. The summed E-state index contributed by atoms with van der Waals surface area (Å²) in [6.45, 7) is 2.36. The van der Waals surface area contributed by atoms with E-state index in [0.29, 0.717) is 17.7 Å². The van der Waals surface area contributed by atoms with Gasteiger partial charge < -0.3 is 14.5 Å². The number of methoxy groups -OCH3 is 1. The second-order valence-electron chi connectivity index (χ2n) is 4.45. The van der Waals surface area contributed by atoms with E-state index in [9.17, 15) is 4.79 Å². The third-order valence-electron chi connectivity index (χ3n) is 2.58. The predicted octanol–water partition coefficient (Wildman–Crippen LogP) is 1.98. The second-order valence-corrected chi connectivity index (χ2v) is 5.38. The minimum atomic E-state index is -0.0935. The molecule has 0 aliphatic heterocycles. The Morgan fingerprint density at radius 1 is 1.38 bits per heavy atom. The molecule has 1 atom stereocenters. The van der Waals surface area contributed by atoms with Crippen LogP contribution in [0.25, 0.3) is 11.5 Å². The Labute approximate surface area is 127 Å². The van der Waals surface area contributed by atoms with Crippen molar-refractivity contribution in [3.8, 4) is 11.5 Å². The highest BCUT2D eigenvalue weighted by atomic mass is 32.2. The van der Waals surface area contributed by atoms with Gasteiger partial charge in [0.05, 0.1) is 12.4 Å². The summed E-state index contributed by atoms with van der Waals surface area (Å²) in [5, 5.41) is 11.1. The highest BCUT2D eigenvalue weighted by Crippen LogP contribution is 2.22. The van der Waals surface area contributed by atoms with Crippen LogP contribution in [0.2, 0.25) is 0 Å². The molecule has 112 valence electrons. The normalized spacial score (nSPS) is 12.1. The molecule has 0 saturated heterocycles. The smallest absolute Gasteiger partial charge is 0.277 e. The molecule has 7 heteroatoms. The minimum absolute atomic E-state index is 0.0225. The van der Waals surface area contributed by atoms with Gasteiger partial charge in [-0.2, -0.15) is 0 Å². The maximum atomic E-state index is 11.7. The maximum Gasteiger partial charge on any atom is 0.277 e. The summed E-state index contributed by atoms with van der Waals surface area (Å²) >= 11 is 1.21. The quantitative estimate of drug-likeness (QED) is 0.788. The Balaban J connectivity index is 1.84. The van der Waals surface area contributed by atoms with Crippen LogP contribution in [-0.4, -0.2) is 41.6 Å². The Kier molecular flexibility index (Phi) is 5.77. The fourth-order valence-electron chi connectivity index (χ4n) is 1.70. The Hall–Kier alpha value is -1.86. The number of hydrogen-bond acceptors (Lipinski definition) is 6. The maximum absolute atomic E-state index is 11.7. The first-order chi connectivity index (χ1) is 10.2. The van der Waals surface area contributed by atoms with Crippen LogP contribution < -0.4 is 5.32 Å². The zero-order valence-corrected chi connectivity index (χ0v) is 12.7. The molecular formula is C14H17N3O3S. The molecule has 1 aromatic carbocycles. The predicted molar refractivity (Wildman–Crippen MR) is 79.9 cm³/mol. The third-order valence-corrected chi connectivity index (χ3v) is 3.40. The molecule has 0 spiro atoms. The molecule has 6 nitrogen and oxygen atoms in total. The molecule has 1 heterocycles. The van der Waals surface area contributed by atoms with Crippen molar-refractivity contribution in [1.29, 1.82) is 0 Å². The Bertz CT molecular complexity index is 574. The molecule has 0 radical (unpaired) electrons. The van der Waals surface area contributed by atoms with Crippen molar-refractivity contribution in [3.63, 3.8) is 0 Å². The van der Waals surface area contributed by atoms with Crippen LogP contribution in [0, 0.1) is 0 Å². The zero-order chi connectivity index (χ0) is 15.1. The van der Waals surface area contributed by atoms with Crippen molar-refractivity contribution < 1.29 is 13.9 Å². The number of carbonyl (C=O) groups excluding carboxylic acids is 1. The van der Waals surface area contributed by atoms with Gasteiger partial charge in [0.1, 0.15) is 0 Å². The highest BCUT2D eigenvalue weighted by molar-refractivity contribution is 7.99. The van der Waals surface area contributed by atoms with Gasteiger partial charge in [-0.15, -0.1) is 10.2 Å². The van der Waals surface area contributed by atoms with Crippen LogP contribution in [0.3, 0.4) is 0 Å². The lowest BCUT2D eigenvalue weighted by Gasteiger charge is -2.11. The molecule has 1 amide bonds. The molecule has 21 heavy (non-hydrogen) atoms. The van der Waals surface area contributed by atoms with Crippen LogP contribution in [0.15, 0.2) is 40.0 Å². The van der Waals surface area contributed by atoms with Crippen molar-refractivity contribution in [1.82, 2.24) is 15.5 Å². The molecule has 1 aromatic heterocycles. The summed E-state index contributed by atoms with van der Waals surface area (Å²) < 4.78 is 10.5. The number of hydrogen-bond donors (Lipinski definition) is 1. The van der Waals surface area contributed by atoms with Gasteiger partial charge in [0.2, 0.25) is 11.8 Å². The number of ether oxygens (including phenoxy) is 1. The largest absolute Gasteiger partial charge is 0.411 e. The van der Waals surface area contributed by atoms with E-state index in [1.54, 1.807) is 7.11 Å². The number of aromatic nitrogens is 2. The monoisotopic (exact) mass is 307 g/mol. The molecule has 2 aromatic rings. The van der Waals surface area contributed by atoms with E-state index in [1.165, 1.54) is 11.8 Å². The number of carbonyl (C=O) groups is 1. The van der Waals surface area contributed by atoms with E-state index in [0.717, 1.165) is 5.56 Å². The van der Waals surface area contributed by atoms with E-state index in [-0.39, 0.29) is 17.7 Å². The molecule has 0 saturated carbocycles. The van der Waals surface area contributed by atoms with Gasteiger partial charge in [-0.3, -0.25) is 4.79 Å². The molecule has 1 N–H and O–H groups in total. The van der Waals surface area contributed by atoms with Crippen molar-refractivity contribution in [2.24, 2.45) is 0 Å². The molecule has 0 bridgehead atoms. The van der Waals surface area contributed by atoms with Gasteiger partial charge in [-0.1, -0.05) is 30.0 Å². The van der Waals surface area contributed by atoms with Crippen LogP contribution in [0.1, 0.15) is 6.92 Å².